The molecule has 0 amide bonds. The van der Waals surface area contributed by atoms with Crippen LogP contribution in [0.1, 0.15) is 25.3 Å². The van der Waals surface area contributed by atoms with Gasteiger partial charge in [0.1, 0.15) is 0 Å². The molecule has 0 spiro atoms. The molecule has 23 heavy (non-hydrogen) atoms. The number of aromatic amines is 1. The average molecular weight is 313 g/mol. The summed E-state index contributed by atoms with van der Waals surface area (Å²) in [5.74, 6) is 1.51. The van der Waals surface area contributed by atoms with Crippen molar-refractivity contribution >= 4 is 5.65 Å². The zero-order chi connectivity index (χ0) is 16.6. The normalized spacial score (nSPS) is 11.2. The highest BCUT2D eigenvalue weighted by molar-refractivity contribution is 5.66. The first-order valence-electron chi connectivity index (χ1n) is 7.38. The van der Waals surface area contributed by atoms with E-state index < -0.39 is 0 Å². The fourth-order valence-corrected chi connectivity index (χ4v) is 2.57. The lowest BCUT2D eigenvalue weighted by atomic mass is 10.1. The van der Waals surface area contributed by atoms with Gasteiger partial charge in [0.2, 0.25) is 0 Å². The summed E-state index contributed by atoms with van der Waals surface area (Å²) in [6.07, 6.45) is 1.83. The number of rotatable bonds is 4. The van der Waals surface area contributed by atoms with Crippen LogP contribution in [-0.2, 0) is 0 Å². The summed E-state index contributed by atoms with van der Waals surface area (Å²) in [7, 11) is 3.17. The maximum absolute atomic E-state index is 12.3. The third-order valence-electron chi connectivity index (χ3n) is 3.83. The molecule has 1 N–H and O–H groups in total. The first-order valence-corrected chi connectivity index (χ1v) is 7.38. The van der Waals surface area contributed by atoms with Gasteiger partial charge in [0.25, 0.3) is 5.56 Å². The zero-order valence-corrected chi connectivity index (χ0v) is 13.6. The van der Waals surface area contributed by atoms with E-state index in [1.165, 1.54) is 10.6 Å². The lowest BCUT2D eigenvalue weighted by Gasteiger charge is -2.09. The molecule has 6 heteroatoms. The molecule has 6 nitrogen and oxygen atoms in total. The van der Waals surface area contributed by atoms with E-state index in [2.05, 4.69) is 23.9 Å². The fraction of sp³-hybridized carbons (Fsp3) is 0.294. The standard InChI is InChI=1S/C17H19N3O3/c1-10(2)12-9-18-20-16(21)8-13(19-17(12)20)11-5-6-14(22-3)15(7-11)23-4/h5-10,18H,1-4H3. The first-order chi connectivity index (χ1) is 11.0. The lowest BCUT2D eigenvalue weighted by molar-refractivity contribution is 0.355. The van der Waals surface area contributed by atoms with Gasteiger partial charge < -0.3 is 9.47 Å². The maximum atomic E-state index is 12.3. The molecule has 0 saturated carbocycles. The van der Waals surface area contributed by atoms with Gasteiger partial charge in [-0.15, -0.1) is 0 Å². The molecule has 0 bridgehead atoms. The molecule has 0 radical (unpaired) electrons. The SMILES string of the molecule is COc1ccc(-c2cc(=O)n3[nH]cc(C(C)C)c3n2)cc1OC. The molecule has 3 rings (SSSR count). The van der Waals surface area contributed by atoms with Crippen LogP contribution in [-0.4, -0.2) is 28.8 Å². The predicted octanol–water partition coefficient (Wildman–Crippen LogP) is 2.83. The summed E-state index contributed by atoms with van der Waals surface area (Å²) in [4.78, 5) is 17.0. The van der Waals surface area contributed by atoms with Gasteiger partial charge in [-0.3, -0.25) is 9.89 Å². The number of methoxy groups -OCH3 is 2. The van der Waals surface area contributed by atoms with Gasteiger partial charge in [0.15, 0.2) is 17.1 Å². The second-order valence-corrected chi connectivity index (χ2v) is 5.59. The number of aromatic nitrogens is 3. The van der Waals surface area contributed by atoms with Crippen LogP contribution in [0.2, 0.25) is 0 Å². The van der Waals surface area contributed by atoms with Crippen LogP contribution in [0.25, 0.3) is 16.9 Å². The molecule has 0 fully saturated rings. The van der Waals surface area contributed by atoms with Crippen molar-refractivity contribution in [1.82, 2.24) is 14.6 Å². The zero-order valence-electron chi connectivity index (χ0n) is 13.6. The summed E-state index contributed by atoms with van der Waals surface area (Å²) >= 11 is 0. The quantitative estimate of drug-likeness (QED) is 0.804. The minimum absolute atomic E-state index is 0.147. The Morgan fingerprint density at radius 2 is 1.87 bits per heavy atom. The lowest BCUT2D eigenvalue weighted by Crippen LogP contribution is -2.14. The molecular formula is C17H19N3O3. The highest BCUT2D eigenvalue weighted by atomic mass is 16.5. The molecule has 0 aliphatic rings. The molecule has 120 valence electrons. The van der Waals surface area contributed by atoms with Gasteiger partial charge in [-0.25, -0.2) is 9.50 Å². The van der Waals surface area contributed by atoms with Crippen molar-refractivity contribution in [3.63, 3.8) is 0 Å². The number of fused-ring (bicyclic) bond motifs is 1. The van der Waals surface area contributed by atoms with Crippen molar-refractivity contribution in [2.45, 2.75) is 19.8 Å². The minimum Gasteiger partial charge on any atom is -0.493 e. The summed E-state index contributed by atoms with van der Waals surface area (Å²) in [6, 6.07) is 6.99. The van der Waals surface area contributed by atoms with Crippen molar-refractivity contribution in [3.8, 4) is 22.8 Å². The van der Waals surface area contributed by atoms with Crippen LogP contribution in [0.15, 0.2) is 35.3 Å². The number of ether oxygens (including phenoxy) is 2. The fourth-order valence-electron chi connectivity index (χ4n) is 2.57. The minimum atomic E-state index is -0.147. The van der Waals surface area contributed by atoms with Crippen LogP contribution < -0.4 is 15.0 Å². The van der Waals surface area contributed by atoms with Gasteiger partial charge in [0, 0.05) is 23.4 Å². The Morgan fingerprint density at radius 1 is 1.13 bits per heavy atom. The average Bonchev–Trinajstić information content (AvgIpc) is 2.98. The monoisotopic (exact) mass is 313 g/mol. The number of hydrogen-bond donors (Lipinski definition) is 1. The van der Waals surface area contributed by atoms with Crippen LogP contribution in [0.4, 0.5) is 0 Å². The Morgan fingerprint density at radius 3 is 2.52 bits per heavy atom. The second kappa shape index (κ2) is 5.79. The molecule has 0 saturated heterocycles. The molecule has 0 atom stereocenters. The maximum Gasteiger partial charge on any atom is 0.273 e. The van der Waals surface area contributed by atoms with E-state index in [0.717, 1.165) is 11.1 Å². The van der Waals surface area contributed by atoms with E-state index in [1.54, 1.807) is 20.3 Å². The van der Waals surface area contributed by atoms with Crippen molar-refractivity contribution in [2.75, 3.05) is 14.2 Å². The Bertz CT molecular complexity index is 909. The summed E-state index contributed by atoms with van der Waals surface area (Å²) in [6.45, 7) is 4.14. The Kier molecular flexibility index (Phi) is 3.82. The van der Waals surface area contributed by atoms with Crippen LogP contribution in [0.5, 0.6) is 11.5 Å². The molecule has 2 aromatic heterocycles. The topological polar surface area (TPSA) is 68.6 Å². The molecule has 0 aliphatic heterocycles. The third kappa shape index (κ3) is 2.56. The van der Waals surface area contributed by atoms with Crippen molar-refractivity contribution in [2.24, 2.45) is 0 Å². The predicted molar refractivity (Wildman–Crippen MR) is 88.4 cm³/mol. The van der Waals surface area contributed by atoms with Crippen LogP contribution in [0.3, 0.4) is 0 Å². The highest BCUT2D eigenvalue weighted by Crippen LogP contribution is 2.31. The largest absolute Gasteiger partial charge is 0.493 e. The smallest absolute Gasteiger partial charge is 0.273 e. The van der Waals surface area contributed by atoms with Gasteiger partial charge in [0.05, 0.1) is 19.9 Å². The van der Waals surface area contributed by atoms with E-state index in [4.69, 9.17) is 9.47 Å². The van der Waals surface area contributed by atoms with E-state index in [9.17, 15) is 4.79 Å². The van der Waals surface area contributed by atoms with Gasteiger partial charge in [-0.05, 0) is 24.1 Å². The molecule has 0 aliphatic carbocycles. The van der Waals surface area contributed by atoms with Crippen LogP contribution in [0, 0.1) is 0 Å². The third-order valence-corrected chi connectivity index (χ3v) is 3.83. The van der Waals surface area contributed by atoms with E-state index in [1.807, 2.05) is 18.3 Å². The van der Waals surface area contributed by atoms with E-state index in [0.29, 0.717) is 22.8 Å². The summed E-state index contributed by atoms with van der Waals surface area (Å²) in [5.41, 5.74) is 2.92. The Balaban J connectivity index is 2.20. The summed E-state index contributed by atoms with van der Waals surface area (Å²) in [5, 5.41) is 2.95. The number of nitrogens with zero attached hydrogens (tertiary/aromatic N) is 2. The van der Waals surface area contributed by atoms with Crippen LogP contribution >= 0.6 is 0 Å². The van der Waals surface area contributed by atoms with Gasteiger partial charge >= 0.3 is 0 Å². The summed E-state index contributed by atoms with van der Waals surface area (Å²) < 4.78 is 12.0. The van der Waals surface area contributed by atoms with Crippen molar-refractivity contribution in [3.05, 3.63) is 46.4 Å². The number of benzene rings is 1. The van der Waals surface area contributed by atoms with E-state index in [-0.39, 0.29) is 11.5 Å². The Labute approximate surface area is 133 Å². The molecular weight excluding hydrogens is 294 g/mol. The molecule has 3 aromatic rings. The van der Waals surface area contributed by atoms with E-state index >= 15 is 0 Å². The molecule has 1 aromatic carbocycles. The second-order valence-electron chi connectivity index (χ2n) is 5.59. The van der Waals surface area contributed by atoms with Crippen molar-refractivity contribution in [1.29, 1.82) is 0 Å². The number of hydrogen-bond acceptors (Lipinski definition) is 4. The Hall–Kier alpha value is -2.76. The highest BCUT2D eigenvalue weighted by Gasteiger charge is 2.14. The first kappa shape index (κ1) is 15.1. The number of nitrogens with one attached hydrogen (secondary N) is 1. The van der Waals surface area contributed by atoms with Crippen molar-refractivity contribution < 1.29 is 9.47 Å². The molecule has 0 unspecified atom stereocenters. The number of H-pyrrole nitrogens is 1. The van der Waals surface area contributed by atoms with Gasteiger partial charge in [-0.2, -0.15) is 0 Å². The molecule has 2 heterocycles. The van der Waals surface area contributed by atoms with Gasteiger partial charge in [-0.1, -0.05) is 13.8 Å².